The third-order valence-electron chi connectivity index (χ3n) is 4.58. The van der Waals surface area contributed by atoms with E-state index in [0.717, 1.165) is 26.2 Å². The van der Waals surface area contributed by atoms with Gasteiger partial charge in [0.05, 0.1) is 0 Å². The molecular formula is C16H36N4. The molecule has 3 unspecified atom stereocenters. The van der Waals surface area contributed by atoms with Crippen LogP contribution in [-0.2, 0) is 0 Å². The molecule has 20 heavy (non-hydrogen) atoms. The molecule has 1 aliphatic heterocycles. The van der Waals surface area contributed by atoms with E-state index in [-0.39, 0.29) is 0 Å². The van der Waals surface area contributed by atoms with Crippen molar-refractivity contribution in [1.82, 2.24) is 21.3 Å². The van der Waals surface area contributed by atoms with Crippen LogP contribution in [-0.4, -0.2) is 50.3 Å². The molecule has 4 N–H and O–H groups in total. The highest BCUT2D eigenvalue weighted by Crippen LogP contribution is 2.00. The molecule has 0 saturated carbocycles. The van der Waals surface area contributed by atoms with Crippen molar-refractivity contribution in [2.75, 3.05) is 26.2 Å². The summed E-state index contributed by atoms with van der Waals surface area (Å²) in [6.45, 7) is 13.4. The van der Waals surface area contributed by atoms with Crippen molar-refractivity contribution in [1.29, 1.82) is 0 Å². The zero-order chi connectivity index (χ0) is 14.8. The Morgan fingerprint density at radius 3 is 0.850 bits per heavy atom. The second-order valence-electron chi connectivity index (χ2n) is 6.05. The van der Waals surface area contributed by atoms with Crippen molar-refractivity contribution in [3.8, 4) is 0 Å². The standard InChI is InChI=1S/C16H36N4/c1-5-13-9-18-15(7-3)11-20-16(8-4)12-19-14(6-2)10-17-13/h13-20H,5-12H2,1-4H3/t13-,14?,15?,16?/m0/s1. The Morgan fingerprint density at radius 1 is 0.500 bits per heavy atom. The summed E-state index contributed by atoms with van der Waals surface area (Å²) in [7, 11) is 0. The SMILES string of the molecule is CCC1CNC(CC)CN[C@@H](CC)CNC(CC)CN1. The van der Waals surface area contributed by atoms with Gasteiger partial charge >= 0.3 is 0 Å². The molecule has 120 valence electrons. The minimum absolute atomic E-state index is 0.585. The molecule has 0 radical (unpaired) electrons. The summed E-state index contributed by atoms with van der Waals surface area (Å²) in [6.07, 6.45) is 4.74. The second kappa shape index (κ2) is 10.6. The van der Waals surface area contributed by atoms with Crippen molar-refractivity contribution in [2.45, 2.75) is 77.5 Å². The maximum atomic E-state index is 3.72. The van der Waals surface area contributed by atoms with E-state index in [0.29, 0.717) is 24.2 Å². The van der Waals surface area contributed by atoms with E-state index < -0.39 is 0 Å². The molecule has 0 spiro atoms. The van der Waals surface area contributed by atoms with E-state index in [1.807, 2.05) is 0 Å². The molecule has 4 nitrogen and oxygen atoms in total. The molecule has 1 fully saturated rings. The third kappa shape index (κ3) is 6.53. The zero-order valence-electron chi connectivity index (χ0n) is 14.0. The van der Waals surface area contributed by atoms with Crippen LogP contribution in [0.2, 0.25) is 0 Å². The first-order valence-electron chi connectivity index (χ1n) is 8.66. The van der Waals surface area contributed by atoms with E-state index in [4.69, 9.17) is 0 Å². The Labute approximate surface area is 125 Å². The van der Waals surface area contributed by atoms with Crippen LogP contribution in [0.4, 0.5) is 0 Å². The summed E-state index contributed by atoms with van der Waals surface area (Å²) in [5.41, 5.74) is 0. The quantitative estimate of drug-likeness (QED) is 0.631. The Morgan fingerprint density at radius 2 is 0.700 bits per heavy atom. The summed E-state index contributed by atoms with van der Waals surface area (Å²) in [4.78, 5) is 0. The van der Waals surface area contributed by atoms with Crippen LogP contribution >= 0.6 is 0 Å². The smallest absolute Gasteiger partial charge is 0.0190 e. The average molecular weight is 284 g/mol. The minimum Gasteiger partial charge on any atom is -0.311 e. The lowest BCUT2D eigenvalue weighted by Gasteiger charge is -2.29. The Kier molecular flexibility index (Phi) is 9.44. The molecule has 0 aromatic carbocycles. The number of rotatable bonds is 4. The molecule has 1 rings (SSSR count). The maximum Gasteiger partial charge on any atom is 0.0190 e. The molecule has 0 aliphatic carbocycles. The monoisotopic (exact) mass is 284 g/mol. The Balaban J connectivity index is 2.58. The minimum atomic E-state index is 0.585. The largest absolute Gasteiger partial charge is 0.311 e. The molecule has 1 aliphatic rings. The van der Waals surface area contributed by atoms with E-state index >= 15 is 0 Å². The van der Waals surface area contributed by atoms with Crippen LogP contribution in [0.1, 0.15) is 53.4 Å². The van der Waals surface area contributed by atoms with Gasteiger partial charge in [-0.3, -0.25) is 0 Å². The Hall–Kier alpha value is -0.160. The highest BCUT2D eigenvalue weighted by Gasteiger charge is 2.16. The summed E-state index contributed by atoms with van der Waals surface area (Å²) >= 11 is 0. The van der Waals surface area contributed by atoms with Crippen molar-refractivity contribution in [2.24, 2.45) is 0 Å². The maximum absolute atomic E-state index is 3.72. The fraction of sp³-hybridized carbons (Fsp3) is 1.00. The van der Waals surface area contributed by atoms with Gasteiger partial charge in [-0.25, -0.2) is 0 Å². The molecular weight excluding hydrogens is 248 g/mol. The molecule has 4 heteroatoms. The van der Waals surface area contributed by atoms with Gasteiger partial charge in [0.15, 0.2) is 0 Å². The lowest BCUT2D eigenvalue weighted by Crippen LogP contribution is -2.53. The summed E-state index contributed by atoms with van der Waals surface area (Å²) in [5, 5.41) is 14.9. The van der Waals surface area contributed by atoms with E-state index in [1.54, 1.807) is 0 Å². The lowest BCUT2D eigenvalue weighted by molar-refractivity contribution is 0.334. The van der Waals surface area contributed by atoms with Gasteiger partial charge in [-0.15, -0.1) is 0 Å². The first-order chi connectivity index (χ1) is 9.73. The third-order valence-corrected chi connectivity index (χ3v) is 4.58. The van der Waals surface area contributed by atoms with Crippen LogP contribution in [0.5, 0.6) is 0 Å². The van der Waals surface area contributed by atoms with Gasteiger partial charge < -0.3 is 21.3 Å². The number of hydrogen-bond acceptors (Lipinski definition) is 4. The molecule has 0 bridgehead atoms. The topological polar surface area (TPSA) is 48.1 Å². The fourth-order valence-electron chi connectivity index (χ4n) is 2.68. The normalized spacial score (nSPS) is 34.2. The van der Waals surface area contributed by atoms with Crippen molar-refractivity contribution < 1.29 is 0 Å². The Bertz CT molecular complexity index is 171. The van der Waals surface area contributed by atoms with Crippen LogP contribution in [0.25, 0.3) is 0 Å². The van der Waals surface area contributed by atoms with Gasteiger partial charge in [0, 0.05) is 50.3 Å². The van der Waals surface area contributed by atoms with Crippen molar-refractivity contribution in [3.05, 3.63) is 0 Å². The molecule has 1 heterocycles. The lowest BCUT2D eigenvalue weighted by atomic mass is 10.1. The van der Waals surface area contributed by atoms with Crippen LogP contribution in [0.3, 0.4) is 0 Å². The molecule has 1 saturated heterocycles. The average Bonchev–Trinajstić information content (AvgIpc) is 2.48. The van der Waals surface area contributed by atoms with Crippen molar-refractivity contribution in [3.63, 3.8) is 0 Å². The summed E-state index contributed by atoms with van der Waals surface area (Å²) < 4.78 is 0. The van der Waals surface area contributed by atoms with E-state index in [9.17, 15) is 0 Å². The first-order valence-corrected chi connectivity index (χ1v) is 8.66. The predicted molar refractivity (Wildman–Crippen MR) is 88.3 cm³/mol. The summed E-state index contributed by atoms with van der Waals surface area (Å²) in [6, 6.07) is 2.34. The number of hydrogen-bond donors (Lipinski definition) is 4. The van der Waals surface area contributed by atoms with Crippen LogP contribution in [0.15, 0.2) is 0 Å². The predicted octanol–water partition coefficient (Wildman–Crippen LogP) is 1.47. The van der Waals surface area contributed by atoms with Gasteiger partial charge in [0.25, 0.3) is 0 Å². The fourth-order valence-corrected chi connectivity index (χ4v) is 2.68. The van der Waals surface area contributed by atoms with Gasteiger partial charge in [-0.05, 0) is 25.7 Å². The zero-order valence-corrected chi connectivity index (χ0v) is 14.0. The van der Waals surface area contributed by atoms with E-state index in [2.05, 4.69) is 49.0 Å². The van der Waals surface area contributed by atoms with Crippen LogP contribution < -0.4 is 21.3 Å². The van der Waals surface area contributed by atoms with E-state index in [1.165, 1.54) is 25.7 Å². The molecule has 4 atom stereocenters. The van der Waals surface area contributed by atoms with Gasteiger partial charge in [-0.1, -0.05) is 27.7 Å². The molecule has 0 aromatic heterocycles. The van der Waals surface area contributed by atoms with Crippen LogP contribution in [0, 0.1) is 0 Å². The van der Waals surface area contributed by atoms with Gasteiger partial charge in [-0.2, -0.15) is 0 Å². The second-order valence-corrected chi connectivity index (χ2v) is 6.05. The molecule has 0 amide bonds. The first kappa shape index (κ1) is 17.9. The van der Waals surface area contributed by atoms with Crippen molar-refractivity contribution >= 4 is 0 Å². The molecule has 0 aromatic rings. The van der Waals surface area contributed by atoms with Gasteiger partial charge in [0.1, 0.15) is 0 Å². The highest BCUT2D eigenvalue weighted by atomic mass is 15.1. The van der Waals surface area contributed by atoms with Gasteiger partial charge in [0.2, 0.25) is 0 Å². The highest BCUT2D eigenvalue weighted by molar-refractivity contribution is 4.81. The summed E-state index contributed by atoms with van der Waals surface area (Å²) in [5.74, 6) is 0. The number of nitrogens with one attached hydrogen (secondary N) is 4.